The van der Waals surface area contributed by atoms with Crippen molar-refractivity contribution in [3.8, 4) is 11.5 Å². The molecule has 17 nitrogen and oxygen atoms in total. The Morgan fingerprint density at radius 2 is 1.70 bits per heavy atom. The number of anilines is 1. The normalized spacial score (nSPS) is 28.5. The first-order valence-electron chi connectivity index (χ1n) is 23.4. The Bertz CT molecular complexity index is 2470. The number of epoxide rings is 1. The fraction of sp³-hybridized carbons (Fsp3) is 0.571. The fourth-order valence-electron chi connectivity index (χ4n) is 9.14. The molecule has 0 aliphatic carbocycles. The van der Waals surface area contributed by atoms with Gasteiger partial charge in [-0.1, -0.05) is 42.3 Å². The number of methoxy groups -OCH3 is 2. The number of likely N-dealkylation sites (tertiary alicyclic amines) is 1. The Kier molecular flexibility index (Phi) is 18.7. The van der Waals surface area contributed by atoms with Crippen LogP contribution in [-0.2, 0) is 49.3 Å². The molecule has 1 unspecified atom stereocenters. The van der Waals surface area contributed by atoms with Crippen LogP contribution in [0.2, 0.25) is 5.02 Å². The fourth-order valence-corrected chi connectivity index (χ4v) is 10.3. The van der Waals surface area contributed by atoms with Gasteiger partial charge in [-0.2, -0.15) is 20.5 Å². The highest BCUT2D eigenvalue weighted by Crippen LogP contribution is 2.49. The van der Waals surface area contributed by atoms with Crippen molar-refractivity contribution in [3.05, 3.63) is 75.6 Å². The smallest absolute Gasteiger partial charge is 0.328 e. The number of hydrogen-bond acceptors (Lipinski definition) is 15. The van der Waals surface area contributed by atoms with Crippen LogP contribution < -0.4 is 19.7 Å². The summed E-state index contributed by atoms with van der Waals surface area (Å²) in [4.78, 5) is 71.3. The predicted octanol–water partition coefficient (Wildman–Crippen LogP) is 5.33. The van der Waals surface area contributed by atoms with Gasteiger partial charge in [0.1, 0.15) is 34.6 Å². The molecule has 4 bridgehead atoms. The van der Waals surface area contributed by atoms with Crippen LogP contribution in [0.1, 0.15) is 65.4 Å². The molecule has 0 saturated carbocycles. The van der Waals surface area contributed by atoms with Crippen LogP contribution in [0.15, 0.2) is 35.9 Å². The maximum atomic E-state index is 14.3. The van der Waals surface area contributed by atoms with Gasteiger partial charge in [-0.3, -0.25) is 19.2 Å². The number of ether oxygens (including phenoxy) is 6. The van der Waals surface area contributed by atoms with Crippen LogP contribution in [0, 0.1) is 40.9 Å². The molecular weight excluding hydrogens is 1020 g/mol. The molecule has 9 atom stereocenters. The SMILES string of the molecule is COc1cc2cc(c1Cl)N(C)C(=O)C[C@H](OC(=O)[C@@H](C)N(C)C(=O)CCSCC(=O)N1CCC(C(=O)Oc3c(F)c(F)c(F)c(F)c3F)CC1)[C@]1(C)O[C@H]1[C@H](C)[C@@H]1C[C@@](O)(NC(O)O1)[C@H](OC)/C=C/C=C(\C)C2. The summed E-state index contributed by atoms with van der Waals surface area (Å²) in [6.45, 7) is 6.85. The third-order valence-electron chi connectivity index (χ3n) is 13.9. The summed E-state index contributed by atoms with van der Waals surface area (Å²) in [5, 5.41) is 25.5. The number of fused-ring (bicyclic) bond motifs is 5. The lowest BCUT2D eigenvalue weighted by Gasteiger charge is -2.44. The van der Waals surface area contributed by atoms with E-state index >= 15 is 0 Å². The molecule has 73 heavy (non-hydrogen) atoms. The zero-order valence-electron chi connectivity index (χ0n) is 41.5. The van der Waals surface area contributed by atoms with Crippen LogP contribution in [0.25, 0.3) is 0 Å². The molecule has 402 valence electrons. The van der Waals surface area contributed by atoms with Crippen LogP contribution >= 0.6 is 23.4 Å². The maximum absolute atomic E-state index is 14.3. The molecule has 0 radical (unpaired) electrons. The molecule has 3 amide bonds. The summed E-state index contributed by atoms with van der Waals surface area (Å²) in [5.74, 6) is -17.7. The van der Waals surface area contributed by atoms with Gasteiger partial charge in [-0.05, 0) is 57.7 Å². The highest BCUT2D eigenvalue weighted by Gasteiger charge is 2.64. The molecule has 3 N–H and O–H groups in total. The second-order valence-corrected chi connectivity index (χ2v) is 20.3. The van der Waals surface area contributed by atoms with E-state index in [-0.39, 0.29) is 61.2 Å². The molecule has 0 spiro atoms. The van der Waals surface area contributed by atoms with Gasteiger partial charge in [0.2, 0.25) is 59.0 Å². The maximum Gasteiger partial charge on any atom is 0.328 e. The molecular formula is C49H60ClF5N4O13S. The van der Waals surface area contributed by atoms with Gasteiger partial charge in [-0.25, -0.2) is 23.3 Å². The van der Waals surface area contributed by atoms with Gasteiger partial charge in [0.25, 0.3) is 0 Å². The van der Waals surface area contributed by atoms with E-state index in [4.69, 9.17) is 35.3 Å². The van der Waals surface area contributed by atoms with Crippen molar-refractivity contribution in [3.63, 3.8) is 0 Å². The van der Waals surface area contributed by atoms with Crippen LogP contribution in [0.5, 0.6) is 11.5 Å². The number of halogens is 6. The molecule has 3 fully saturated rings. The number of esters is 2. The molecule has 4 aliphatic heterocycles. The zero-order chi connectivity index (χ0) is 53.9. The lowest BCUT2D eigenvalue weighted by atomic mass is 9.83. The number of rotatable bonds is 12. The lowest BCUT2D eigenvalue weighted by molar-refractivity contribution is -0.271. The lowest BCUT2D eigenvalue weighted by Crippen LogP contribution is -2.65. The number of piperidine rings is 1. The van der Waals surface area contributed by atoms with E-state index in [9.17, 15) is 56.1 Å². The monoisotopic (exact) mass is 1070 g/mol. The Morgan fingerprint density at radius 3 is 2.33 bits per heavy atom. The predicted molar refractivity (Wildman–Crippen MR) is 255 cm³/mol. The Labute approximate surface area is 428 Å². The van der Waals surface area contributed by atoms with E-state index in [1.165, 1.54) is 49.9 Å². The molecule has 4 heterocycles. The molecule has 2 aromatic rings. The molecule has 2 aromatic carbocycles. The first-order valence-corrected chi connectivity index (χ1v) is 24.9. The number of aliphatic hydroxyl groups is 2. The minimum atomic E-state index is -2.39. The summed E-state index contributed by atoms with van der Waals surface area (Å²) in [7, 11) is 5.79. The Hall–Kier alpha value is -4.88. The average Bonchev–Trinajstić information content (AvgIpc) is 4.06. The van der Waals surface area contributed by atoms with Crippen molar-refractivity contribution in [2.75, 3.05) is 57.8 Å². The highest BCUT2D eigenvalue weighted by atomic mass is 35.5. The van der Waals surface area contributed by atoms with E-state index in [1.807, 2.05) is 13.0 Å². The number of aliphatic hydroxyl groups excluding tert-OH is 1. The van der Waals surface area contributed by atoms with E-state index in [0.29, 0.717) is 17.9 Å². The van der Waals surface area contributed by atoms with Crippen molar-refractivity contribution in [1.29, 1.82) is 0 Å². The quantitative estimate of drug-likeness (QED) is 0.0467. The number of hydrogen-bond donors (Lipinski definition) is 3. The number of carbonyl (C=O) groups excluding carboxylic acids is 5. The van der Waals surface area contributed by atoms with Crippen molar-refractivity contribution >= 4 is 58.7 Å². The summed E-state index contributed by atoms with van der Waals surface area (Å²) < 4.78 is 103. The number of nitrogens with zero attached hydrogens (tertiary/aromatic N) is 3. The third-order valence-corrected chi connectivity index (χ3v) is 15.2. The molecule has 6 rings (SSSR count). The Balaban J connectivity index is 1.09. The van der Waals surface area contributed by atoms with Crippen molar-refractivity contribution in [1.82, 2.24) is 15.1 Å². The molecule has 3 saturated heterocycles. The van der Waals surface area contributed by atoms with Crippen LogP contribution in [-0.4, -0.2) is 151 Å². The molecule has 4 aliphatic rings. The number of amides is 3. The van der Waals surface area contributed by atoms with Gasteiger partial charge >= 0.3 is 11.9 Å². The third kappa shape index (κ3) is 12.8. The van der Waals surface area contributed by atoms with Crippen molar-refractivity contribution in [2.24, 2.45) is 11.8 Å². The molecule has 0 aromatic heterocycles. The van der Waals surface area contributed by atoms with Gasteiger partial charge in [0, 0.05) is 58.8 Å². The first kappa shape index (κ1) is 57.4. The van der Waals surface area contributed by atoms with Crippen molar-refractivity contribution < 1.29 is 84.6 Å². The standard InChI is InChI=1S/C49H60ClF5N4O13S/c1-24-10-9-11-32(68-8)49(66)22-31(69-47(65)56-49)25(2)44-48(4,72-44)33(21-35(61)58(6)29-19-27(18-24)20-30(67-7)37(29)50)70-45(63)26(3)57(5)34(60)14-17-73-23-36(62)59-15-12-28(13-16-59)46(64)71-43-41(54)39(52)38(51)40(53)42(43)55/h9-11,19-20,25-26,28,31-33,44,47,56,65-66H,12-18,21-23H2,1-8H3/b11-9+,24-10+/t25-,26-,31+,32-,33+,44+,47?,48+,49+/m1/s1. The second kappa shape index (κ2) is 23.8. The van der Waals surface area contributed by atoms with Crippen molar-refractivity contribution in [2.45, 2.75) is 114 Å². The summed E-state index contributed by atoms with van der Waals surface area (Å²) in [5.41, 5.74) is -1.16. The summed E-state index contributed by atoms with van der Waals surface area (Å²) >= 11 is 7.92. The highest BCUT2D eigenvalue weighted by molar-refractivity contribution is 7.99. The van der Waals surface area contributed by atoms with Gasteiger partial charge < -0.3 is 53.3 Å². The first-order chi connectivity index (χ1) is 34.3. The molecule has 24 heteroatoms. The number of carbonyl (C=O) groups is 5. The van der Waals surface area contributed by atoms with Gasteiger partial charge in [-0.15, -0.1) is 0 Å². The number of nitrogens with one attached hydrogen (secondary N) is 1. The number of allylic oxidation sites excluding steroid dienone is 3. The number of thioether (sulfide) groups is 1. The second-order valence-electron chi connectivity index (χ2n) is 18.8. The van der Waals surface area contributed by atoms with Crippen LogP contribution in [0.3, 0.4) is 0 Å². The summed E-state index contributed by atoms with van der Waals surface area (Å²) in [6.07, 6.45) is -0.356. The zero-order valence-corrected chi connectivity index (χ0v) is 43.1. The van der Waals surface area contributed by atoms with E-state index < -0.39 is 125 Å². The largest absolute Gasteiger partial charge is 0.495 e. The minimum Gasteiger partial charge on any atom is -0.495 e. The average molecular weight is 1080 g/mol. The van der Waals surface area contributed by atoms with Gasteiger partial charge in [0.15, 0.2) is 5.72 Å². The van der Waals surface area contributed by atoms with E-state index in [0.717, 1.165) is 22.9 Å². The van der Waals surface area contributed by atoms with E-state index in [1.54, 1.807) is 38.1 Å². The van der Waals surface area contributed by atoms with Gasteiger partial charge in [0.05, 0.1) is 43.1 Å². The minimum absolute atomic E-state index is 0.0117. The number of benzene rings is 2. The van der Waals surface area contributed by atoms with Crippen LogP contribution in [0.4, 0.5) is 27.6 Å². The number of likely N-dealkylation sites (N-methyl/N-ethyl adjacent to an activating group) is 1. The van der Waals surface area contributed by atoms with E-state index in [2.05, 4.69) is 10.1 Å². The summed E-state index contributed by atoms with van der Waals surface area (Å²) in [6, 6.07) is 2.32. The Morgan fingerprint density at radius 1 is 1.05 bits per heavy atom. The topological polar surface area (TPSA) is 206 Å².